The summed E-state index contributed by atoms with van der Waals surface area (Å²) in [5, 5.41) is 27.5. The summed E-state index contributed by atoms with van der Waals surface area (Å²) in [5.41, 5.74) is 15.2. The fourth-order valence-electron chi connectivity index (χ4n) is 0.846. The predicted octanol–water partition coefficient (Wildman–Crippen LogP) is -10.3. The Labute approximate surface area is 172 Å². The monoisotopic (exact) mass is 336 g/mol. The maximum atomic E-state index is 10.1. The van der Waals surface area contributed by atoms with Crippen LogP contribution in [0, 0.1) is 0 Å². The molecule has 0 unspecified atom stereocenters. The first kappa shape index (κ1) is 29.6. The van der Waals surface area contributed by atoms with Crippen LogP contribution >= 0.6 is 0 Å². The minimum atomic E-state index is -1.33. The van der Waals surface area contributed by atoms with Gasteiger partial charge in [0.25, 0.3) is 0 Å². The van der Waals surface area contributed by atoms with Gasteiger partial charge in [-0.1, -0.05) is 0 Å². The molecule has 12 heteroatoms. The summed E-state index contributed by atoms with van der Waals surface area (Å²) in [4.78, 5) is 32.9. The van der Waals surface area contributed by atoms with Gasteiger partial charge < -0.3 is 42.1 Å². The van der Waals surface area contributed by atoms with Gasteiger partial charge in [0.15, 0.2) is 5.96 Å². The number of nitrogens with two attached hydrogens (primary N) is 3. The van der Waals surface area contributed by atoms with E-state index in [-0.39, 0.29) is 71.5 Å². The molecule has 0 saturated carbocycles. The van der Waals surface area contributed by atoms with E-state index in [0.29, 0.717) is 19.4 Å². The van der Waals surface area contributed by atoms with Crippen molar-refractivity contribution in [3.05, 3.63) is 0 Å². The molecule has 0 spiro atoms. The Morgan fingerprint density at radius 3 is 1.86 bits per heavy atom. The van der Waals surface area contributed by atoms with E-state index in [2.05, 4.69) is 4.99 Å². The summed E-state index contributed by atoms with van der Waals surface area (Å²) >= 11 is 0. The summed E-state index contributed by atoms with van der Waals surface area (Å²) in [5.74, 6) is -3.70. The number of hydrogen-bond donors (Lipinski definition) is 4. The SMILES string of the molecule is NC(N)=NCCC[C@H](N)C(=O)[O-].O=C([O-])CCC(=O)O.[Na+].[Na+]. The number of carbonyl (C=O) groups excluding carboxylic acids is 2. The minimum absolute atomic E-state index is 0. The second kappa shape index (κ2) is 18.7. The molecule has 116 valence electrons. The largest absolute Gasteiger partial charge is 1.00 e. The molecule has 10 nitrogen and oxygen atoms in total. The van der Waals surface area contributed by atoms with Crippen LogP contribution in [-0.2, 0) is 14.4 Å². The zero-order chi connectivity index (χ0) is 16.1. The summed E-state index contributed by atoms with van der Waals surface area (Å²) in [7, 11) is 0. The van der Waals surface area contributed by atoms with Gasteiger partial charge in [-0.3, -0.25) is 9.79 Å². The molecule has 0 saturated heterocycles. The Kier molecular flexibility index (Phi) is 25.2. The van der Waals surface area contributed by atoms with Gasteiger partial charge in [-0.05, 0) is 19.3 Å². The van der Waals surface area contributed by atoms with Crippen LogP contribution in [0.15, 0.2) is 4.99 Å². The van der Waals surface area contributed by atoms with Gasteiger partial charge >= 0.3 is 65.1 Å². The molecule has 7 N–H and O–H groups in total. The molecule has 0 heterocycles. The molecule has 0 bridgehead atoms. The molecule has 0 aromatic rings. The molecule has 0 aromatic carbocycles. The van der Waals surface area contributed by atoms with E-state index in [1.54, 1.807) is 0 Å². The van der Waals surface area contributed by atoms with Crippen molar-refractivity contribution >= 4 is 23.9 Å². The van der Waals surface area contributed by atoms with Gasteiger partial charge in [0.2, 0.25) is 0 Å². The number of aliphatic imine (C=N–C) groups is 1. The van der Waals surface area contributed by atoms with Gasteiger partial charge in [0, 0.05) is 18.6 Å². The average Bonchev–Trinajstić information content (AvgIpc) is 2.32. The Bertz CT molecular complexity index is 349. The van der Waals surface area contributed by atoms with Crippen molar-refractivity contribution in [2.45, 2.75) is 31.7 Å². The standard InChI is InChI=1S/C6H14N4O2.C4H6O4.2Na/c7-4(5(11)12)2-1-3-10-6(8)9;5-3(6)1-2-4(7)8;;/h4H,1-3,7H2,(H,11,12)(H4,8,9,10);1-2H2,(H,5,6)(H,7,8);;/q;;2*+1/p-2/t4-;;;/m0.../s1. The van der Waals surface area contributed by atoms with Crippen molar-refractivity contribution in [3.63, 3.8) is 0 Å². The van der Waals surface area contributed by atoms with Gasteiger partial charge in [-0.2, -0.15) is 0 Å². The number of carboxylic acids is 3. The first-order valence-electron chi connectivity index (χ1n) is 5.60. The second-order valence-corrected chi connectivity index (χ2v) is 3.64. The predicted molar refractivity (Wildman–Crippen MR) is 64.8 cm³/mol. The smallest absolute Gasteiger partial charge is 0.550 e. The molecule has 0 rings (SSSR count). The van der Waals surface area contributed by atoms with E-state index in [1.807, 2.05) is 0 Å². The summed E-state index contributed by atoms with van der Waals surface area (Å²) in [6.07, 6.45) is 0.0871. The third kappa shape index (κ3) is 27.9. The number of hydrogen-bond acceptors (Lipinski definition) is 7. The van der Waals surface area contributed by atoms with E-state index >= 15 is 0 Å². The Balaban J connectivity index is -0.000000144. The van der Waals surface area contributed by atoms with Crippen molar-refractivity contribution in [2.75, 3.05) is 6.54 Å². The fraction of sp³-hybridized carbons (Fsp3) is 0.600. The molecule has 0 aromatic heterocycles. The van der Waals surface area contributed by atoms with Crippen molar-refractivity contribution in [2.24, 2.45) is 22.2 Å². The summed E-state index contributed by atoms with van der Waals surface area (Å²) in [6, 6.07) is -0.931. The topological polar surface area (TPSA) is 208 Å². The molecule has 0 fully saturated rings. The van der Waals surface area contributed by atoms with E-state index < -0.39 is 30.4 Å². The maximum Gasteiger partial charge on any atom is 1.00 e. The summed E-state index contributed by atoms with van der Waals surface area (Å²) in [6.45, 7) is 0.392. The molecule has 1 atom stereocenters. The van der Waals surface area contributed by atoms with Crippen LogP contribution in [-0.4, -0.2) is 41.6 Å². The third-order valence-corrected chi connectivity index (χ3v) is 1.81. The van der Waals surface area contributed by atoms with Gasteiger partial charge in [-0.15, -0.1) is 0 Å². The Morgan fingerprint density at radius 2 is 1.59 bits per heavy atom. The minimum Gasteiger partial charge on any atom is -0.550 e. The zero-order valence-corrected chi connectivity index (χ0v) is 16.8. The molecule has 0 aliphatic rings. The van der Waals surface area contributed by atoms with Crippen LogP contribution in [0.5, 0.6) is 0 Å². The van der Waals surface area contributed by atoms with Gasteiger partial charge in [0.05, 0.1) is 12.4 Å². The first-order chi connectivity index (χ1) is 9.16. The molecule has 0 amide bonds. The normalized spacial score (nSPS) is 9.68. The van der Waals surface area contributed by atoms with Crippen LogP contribution in [0.2, 0.25) is 0 Å². The second-order valence-electron chi connectivity index (χ2n) is 3.64. The molecule has 0 radical (unpaired) electrons. The van der Waals surface area contributed by atoms with E-state index in [4.69, 9.17) is 22.3 Å². The van der Waals surface area contributed by atoms with Gasteiger partial charge in [-0.25, -0.2) is 0 Å². The number of carboxylic acid groups (broad SMARTS) is 3. The van der Waals surface area contributed by atoms with Crippen LogP contribution < -0.4 is 86.5 Å². The number of rotatable bonds is 8. The van der Waals surface area contributed by atoms with Gasteiger partial charge in [0.1, 0.15) is 0 Å². The fourth-order valence-corrected chi connectivity index (χ4v) is 0.846. The van der Waals surface area contributed by atoms with Crippen LogP contribution in [0.1, 0.15) is 25.7 Å². The Hall–Kier alpha value is -0.360. The van der Waals surface area contributed by atoms with E-state index in [1.165, 1.54) is 0 Å². The number of nitrogens with zero attached hydrogens (tertiary/aromatic N) is 1. The number of aliphatic carboxylic acids is 3. The number of carbonyl (C=O) groups is 3. The molecule has 22 heavy (non-hydrogen) atoms. The van der Waals surface area contributed by atoms with Crippen LogP contribution in [0.4, 0.5) is 0 Å². The Morgan fingerprint density at radius 1 is 1.09 bits per heavy atom. The van der Waals surface area contributed by atoms with Crippen LogP contribution in [0.25, 0.3) is 0 Å². The summed E-state index contributed by atoms with van der Waals surface area (Å²) < 4.78 is 0. The van der Waals surface area contributed by atoms with E-state index in [0.717, 1.165) is 0 Å². The molecular weight excluding hydrogens is 318 g/mol. The van der Waals surface area contributed by atoms with Crippen LogP contribution in [0.3, 0.4) is 0 Å². The van der Waals surface area contributed by atoms with Crippen molar-refractivity contribution in [3.8, 4) is 0 Å². The molecule has 0 aliphatic heterocycles. The average molecular weight is 336 g/mol. The molecular formula is C10H18N4Na2O6. The first-order valence-corrected chi connectivity index (χ1v) is 5.60. The van der Waals surface area contributed by atoms with Crippen molar-refractivity contribution < 1.29 is 88.8 Å². The third-order valence-electron chi connectivity index (χ3n) is 1.81. The molecule has 0 aliphatic carbocycles. The maximum absolute atomic E-state index is 10.1. The van der Waals surface area contributed by atoms with E-state index in [9.17, 15) is 24.6 Å². The quantitative estimate of drug-likeness (QED) is 0.143. The van der Waals surface area contributed by atoms with Crippen molar-refractivity contribution in [1.29, 1.82) is 0 Å². The van der Waals surface area contributed by atoms with Crippen molar-refractivity contribution in [1.82, 2.24) is 0 Å². The number of guanidine groups is 1. The zero-order valence-electron chi connectivity index (χ0n) is 12.8.